The third kappa shape index (κ3) is 3.49. The van der Waals surface area contributed by atoms with E-state index in [1.54, 1.807) is 12.1 Å². The van der Waals surface area contributed by atoms with Crippen molar-refractivity contribution in [3.8, 4) is 0 Å². The predicted octanol–water partition coefficient (Wildman–Crippen LogP) is 1.88. The van der Waals surface area contributed by atoms with E-state index < -0.39 is 12.6 Å². The maximum absolute atomic E-state index is 12.1. The molecule has 0 aliphatic rings. The molecule has 0 radical (unpaired) electrons. The van der Waals surface area contributed by atoms with Gasteiger partial charge in [-0.15, -0.1) is 0 Å². The molecule has 0 aromatic heterocycles. The van der Waals surface area contributed by atoms with Crippen LogP contribution >= 0.6 is 0 Å². The van der Waals surface area contributed by atoms with Gasteiger partial charge in [-0.3, -0.25) is 0 Å². The summed E-state index contributed by atoms with van der Waals surface area (Å²) in [7, 11) is 0. The second-order valence-electron chi connectivity index (χ2n) is 2.99. The fourth-order valence-electron chi connectivity index (χ4n) is 1.13. The molecular formula is C9H10F3N3. The van der Waals surface area contributed by atoms with Gasteiger partial charge >= 0.3 is 6.18 Å². The molecule has 6 heteroatoms. The fourth-order valence-corrected chi connectivity index (χ4v) is 1.13. The van der Waals surface area contributed by atoms with Gasteiger partial charge in [0.25, 0.3) is 0 Å². The van der Waals surface area contributed by atoms with Crippen LogP contribution in [0.3, 0.4) is 0 Å². The van der Waals surface area contributed by atoms with Crippen LogP contribution < -0.4 is 11.6 Å². The van der Waals surface area contributed by atoms with Crippen LogP contribution in [0.5, 0.6) is 0 Å². The summed E-state index contributed by atoms with van der Waals surface area (Å²) in [5.74, 6) is 4.91. The van der Waals surface area contributed by atoms with Crippen molar-refractivity contribution in [1.82, 2.24) is 0 Å². The highest BCUT2D eigenvalue weighted by Crippen LogP contribution is 2.23. The molecule has 1 aromatic rings. The van der Waals surface area contributed by atoms with Crippen LogP contribution in [0.1, 0.15) is 12.0 Å². The Morgan fingerprint density at radius 2 is 2.00 bits per heavy atom. The first-order valence-electron chi connectivity index (χ1n) is 4.12. The molecule has 1 rings (SSSR count). The number of halogens is 3. The molecule has 15 heavy (non-hydrogen) atoms. The zero-order valence-electron chi connectivity index (χ0n) is 7.75. The van der Waals surface area contributed by atoms with Crippen LogP contribution in [-0.4, -0.2) is 11.9 Å². The van der Waals surface area contributed by atoms with Crippen molar-refractivity contribution >= 4 is 11.4 Å². The standard InChI is InChI=1S/C9H10F3N3/c10-9(11,12)5-8(15-14)6-2-1-3-7(13)4-6/h1-4H,5,13-14H2/b15-8-. The third-order valence-corrected chi connectivity index (χ3v) is 1.74. The van der Waals surface area contributed by atoms with E-state index in [4.69, 9.17) is 11.6 Å². The number of rotatable bonds is 2. The topological polar surface area (TPSA) is 64.4 Å². The molecule has 0 heterocycles. The first-order valence-corrected chi connectivity index (χ1v) is 4.12. The minimum absolute atomic E-state index is 0.227. The lowest BCUT2D eigenvalue weighted by Gasteiger charge is -2.09. The number of anilines is 1. The fraction of sp³-hybridized carbons (Fsp3) is 0.222. The van der Waals surface area contributed by atoms with Crippen molar-refractivity contribution in [2.75, 3.05) is 5.73 Å². The Kier molecular flexibility index (Phi) is 3.18. The van der Waals surface area contributed by atoms with E-state index in [1.165, 1.54) is 12.1 Å². The monoisotopic (exact) mass is 217 g/mol. The summed E-state index contributed by atoms with van der Waals surface area (Å²) < 4.78 is 36.3. The van der Waals surface area contributed by atoms with Gasteiger partial charge in [-0.05, 0) is 12.1 Å². The van der Waals surface area contributed by atoms with Crippen LogP contribution in [0, 0.1) is 0 Å². The van der Waals surface area contributed by atoms with Crippen molar-refractivity contribution in [3.05, 3.63) is 29.8 Å². The van der Waals surface area contributed by atoms with E-state index >= 15 is 0 Å². The van der Waals surface area contributed by atoms with Gasteiger partial charge in [-0.25, -0.2) is 0 Å². The lowest BCUT2D eigenvalue weighted by molar-refractivity contribution is -0.121. The van der Waals surface area contributed by atoms with Gasteiger partial charge in [-0.1, -0.05) is 12.1 Å². The van der Waals surface area contributed by atoms with Crippen molar-refractivity contribution in [3.63, 3.8) is 0 Å². The zero-order chi connectivity index (χ0) is 11.5. The highest BCUT2D eigenvalue weighted by atomic mass is 19.4. The van der Waals surface area contributed by atoms with E-state index in [0.717, 1.165) is 0 Å². The highest BCUT2D eigenvalue weighted by Gasteiger charge is 2.30. The number of benzene rings is 1. The largest absolute Gasteiger partial charge is 0.399 e. The van der Waals surface area contributed by atoms with Gasteiger partial charge in [0, 0.05) is 11.3 Å². The van der Waals surface area contributed by atoms with Gasteiger partial charge in [0.05, 0.1) is 12.1 Å². The molecule has 3 nitrogen and oxygen atoms in total. The molecule has 4 N–H and O–H groups in total. The maximum atomic E-state index is 12.1. The molecular weight excluding hydrogens is 207 g/mol. The Morgan fingerprint density at radius 1 is 1.33 bits per heavy atom. The van der Waals surface area contributed by atoms with Crippen LogP contribution in [0.2, 0.25) is 0 Å². The average Bonchev–Trinajstić information content (AvgIpc) is 2.13. The molecule has 0 saturated carbocycles. The Bertz CT molecular complexity index is 371. The number of hydrazone groups is 1. The number of hydrogen-bond acceptors (Lipinski definition) is 3. The normalized spacial score (nSPS) is 12.9. The van der Waals surface area contributed by atoms with Crippen LogP contribution in [0.25, 0.3) is 0 Å². The molecule has 0 fully saturated rings. The summed E-state index contributed by atoms with van der Waals surface area (Å²) in [5.41, 5.74) is 5.87. The predicted molar refractivity (Wildman–Crippen MR) is 52.3 cm³/mol. The van der Waals surface area contributed by atoms with Gasteiger partial charge in [0.2, 0.25) is 0 Å². The van der Waals surface area contributed by atoms with Crippen LogP contribution in [0.4, 0.5) is 18.9 Å². The first-order chi connectivity index (χ1) is 6.92. The molecule has 0 unspecified atom stereocenters. The Morgan fingerprint density at radius 3 is 2.47 bits per heavy atom. The molecule has 0 aliphatic heterocycles. The average molecular weight is 217 g/mol. The van der Waals surface area contributed by atoms with Gasteiger partial charge in [-0.2, -0.15) is 18.3 Å². The van der Waals surface area contributed by atoms with E-state index in [1.807, 2.05) is 0 Å². The lowest BCUT2D eigenvalue weighted by atomic mass is 10.1. The quantitative estimate of drug-likeness (QED) is 0.344. The second kappa shape index (κ2) is 4.20. The maximum Gasteiger partial charge on any atom is 0.394 e. The van der Waals surface area contributed by atoms with E-state index in [0.29, 0.717) is 5.69 Å². The van der Waals surface area contributed by atoms with E-state index in [2.05, 4.69) is 5.10 Å². The molecule has 0 spiro atoms. The Balaban J connectivity index is 2.95. The number of nitrogens with zero attached hydrogens (tertiary/aromatic N) is 1. The molecule has 0 aliphatic carbocycles. The summed E-state index contributed by atoms with van der Waals surface area (Å²) >= 11 is 0. The number of hydrogen-bond donors (Lipinski definition) is 2. The van der Waals surface area contributed by atoms with Crippen LogP contribution in [-0.2, 0) is 0 Å². The molecule has 82 valence electrons. The van der Waals surface area contributed by atoms with Gasteiger partial charge < -0.3 is 11.6 Å². The lowest BCUT2D eigenvalue weighted by Crippen LogP contribution is -2.17. The highest BCUT2D eigenvalue weighted by molar-refractivity contribution is 6.01. The minimum Gasteiger partial charge on any atom is -0.399 e. The summed E-state index contributed by atoms with van der Waals surface area (Å²) in [5, 5.41) is 3.13. The van der Waals surface area contributed by atoms with Crippen molar-refractivity contribution in [1.29, 1.82) is 0 Å². The molecule has 1 aromatic carbocycles. The molecule has 0 bridgehead atoms. The summed E-state index contributed by atoms with van der Waals surface area (Å²) in [6, 6.07) is 6.00. The van der Waals surface area contributed by atoms with E-state index in [-0.39, 0.29) is 11.3 Å². The van der Waals surface area contributed by atoms with Gasteiger partial charge in [0.1, 0.15) is 0 Å². The Hall–Kier alpha value is -1.72. The smallest absolute Gasteiger partial charge is 0.394 e. The van der Waals surface area contributed by atoms with Crippen LogP contribution in [0.15, 0.2) is 29.4 Å². The SMILES string of the molecule is N/N=C(/CC(F)(F)F)c1cccc(N)c1. The number of nitrogens with two attached hydrogens (primary N) is 2. The number of nitrogen functional groups attached to an aromatic ring is 1. The minimum atomic E-state index is -4.33. The summed E-state index contributed by atoms with van der Waals surface area (Å²) in [6.45, 7) is 0. The van der Waals surface area contributed by atoms with Gasteiger partial charge in [0.15, 0.2) is 0 Å². The summed E-state index contributed by atoms with van der Waals surface area (Å²) in [6.07, 6.45) is -5.49. The van der Waals surface area contributed by atoms with Crippen molar-refractivity contribution in [2.24, 2.45) is 10.9 Å². The second-order valence-corrected chi connectivity index (χ2v) is 2.99. The summed E-state index contributed by atoms with van der Waals surface area (Å²) in [4.78, 5) is 0. The van der Waals surface area contributed by atoms with Crippen molar-refractivity contribution in [2.45, 2.75) is 12.6 Å². The van der Waals surface area contributed by atoms with Crippen molar-refractivity contribution < 1.29 is 13.2 Å². The molecule has 0 amide bonds. The Labute approximate surface area is 84.6 Å². The number of alkyl halides is 3. The first kappa shape index (κ1) is 11.4. The molecule has 0 atom stereocenters. The third-order valence-electron chi connectivity index (χ3n) is 1.74. The molecule has 0 saturated heterocycles. The zero-order valence-corrected chi connectivity index (χ0v) is 7.75. The van der Waals surface area contributed by atoms with E-state index in [9.17, 15) is 13.2 Å².